The van der Waals surface area contributed by atoms with E-state index < -0.39 is 0 Å². The summed E-state index contributed by atoms with van der Waals surface area (Å²) < 4.78 is 2.62. The van der Waals surface area contributed by atoms with Gasteiger partial charge in [-0.3, -0.25) is 0 Å². The molecule has 0 radical (unpaired) electrons. The summed E-state index contributed by atoms with van der Waals surface area (Å²) in [6.45, 7) is 0. The molecule has 0 spiro atoms. The third-order valence-corrected chi connectivity index (χ3v) is 4.04. The molecular formula is C10H9N7S2. The van der Waals surface area contributed by atoms with Gasteiger partial charge in [0, 0.05) is 7.05 Å². The molecule has 0 saturated carbocycles. The van der Waals surface area contributed by atoms with E-state index in [-0.39, 0.29) is 0 Å². The van der Waals surface area contributed by atoms with Crippen molar-refractivity contribution in [1.82, 2.24) is 29.7 Å². The molecule has 3 aromatic heterocycles. The zero-order valence-corrected chi connectivity index (χ0v) is 11.5. The van der Waals surface area contributed by atoms with Crippen molar-refractivity contribution in [3.8, 4) is 5.95 Å². The van der Waals surface area contributed by atoms with Crippen LogP contribution < -0.4 is 5.32 Å². The molecule has 3 heterocycles. The third-order valence-electron chi connectivity index (χ3n) is 2.14. The Kier molecular flexibility index (Phi) is 3.38. The minimum absolute atomic E-state index is 0.441. The number of hydrogen-bond donors (Lipinski definition) is 1. The van der Waals surface area contributed by atoms with Crippen LogP contribution in [0.15, 0.2) is 39.5 Å². The van der Waals surface area contributed by atoms with Crippen molar-refractivity contribution >= 4 is 29.0 Å². The molecule has 3 rings (SSSR count). The van der Waals surface area contributed by atoms with Gasteiger partial charge in [-0.05, 0) is 23.2 Å². The van der Waals surface area contributed by atoms with Crippen molar-refractivity contribution < 1.29 is 0 Å². The Balaban J connectivity index is 1.98. The molecule has 0 aromatic carbocycles. The predicted molar refractivity (Wildman–Crippen MR) is 72.7 cm³/mol. The lowest BCUT2D eigenvalue weighted by molar-refractivity contribution is 0.761. The minimum atomic E-state index is 0.441. The Morgan fingerprint density at radius 1 is 1.32 bits per heavy atom. The highest BCUT2D eigenvalue weighted by Crippen LogP contribution is 2.29. The first kappa shape index (κ1) is 12.1. The van der Waals surface area contributed by atoms with E-state index in [1.54, 1.807) is 24.7 Å². The fourth-order valence-electron chi connectivity index (χ4n) is 1.33. The predicted octanol–water partition coefficient (Wildman–Crippen LogP) is 1.71. The number of nitrogens with zero attached hydrogens (tertiary/aromatic N) is 6. The number of thiophene rings is 1. The summed E-state index contributed by atoms with van der Waals surface area (Å²) in [5, 5.41) is 9.57. The molecule has 0 amide bonds. The lowest BCUT2D eigenvalue weighted by Crippen LogP contribution is -2.07. The minimum Gasteiger partial charge on any atom is -0.357 e. The summed E-state index contributed by atoms with van der Waals surface area (Å²) >= 11 is 3.13. The van der Waals surface area contributed by atoms with Crippen molar-refractivity contribution in [3.63, 3.8) is 0 Å². The average molecular weight is 291 g/mol. The van der Waals surface area contributed by atoms with E-state index in [4.69, 9.17) is 0 Å². The first-order chi connectivity index (χ1) is 9.35. The fourth-order valence-corrected chi connectivity index (χ4v) is 2.95. The standard InChI is InChI=1S/C10H9N7S2/c1-11-8-14-9(17-6-12-5-13-17)16-10(15-8)19-7-3-2-4-18-7/h2-6H,1H3,(H,11,14,15,16). The molecular weight excluding hydrogens is 282 g/mol. The maximum absolute atomic E-state index is 4.37. The van der Waals surface area contributed by atoms with Crippen LogP contribution in [0.5, 0.6) is 0 Å². The molecule has 19 heavy (non-hydrogen) atoms. The van der Waals surface area contributed by atoms with Crippen LogP contribution >= 0.6 is 23.1 Å². The Morgan fingerprint density at radius 3 is 2.95 bits per heavy atom. The Bertz CT molecular complexity index is 651. The van der Waals surface area contributed by atoms with E-state index in [9.17, 15) is 0 Å². The zero-order chi connectivity index (χ0) is 13.1. The van der Waals surface area contributed by atoms with Crippen LogP contribution in [0, 0.1) is 0 Å². The Labute approximate surface area is 117 Å². The molecule has 0 aliphatic carbocycles. The number of hydrogen-bond acceptors (Lipinski definition) is 8. The monoisotopic (exact) mass is 291 g/mol. The molecule has 0 atom stereocenters. The first-order valence-electron chi connectivity index (χ1n) is 5.35. The van der Waals surface area contributed by atoms with Crippen LogP contribution in [0.2, 0.25) is 0 Å². The molecule has 0 saturated heterocycles. The van der Waals surface area contributed by atoms with Crippen LogP contribution in [0.1, 0.15) is 0 Å². The zero-order valence-electron chi connectivity index (χ0n) is 9.89. The van der Waals surface area contributed by atoms with Crippen molar-refractivity contribution in [1.29, 1.82) is 0 Å². The molecule has 0 bridgehead atoms. The number of aromatic nitrogens is 6. The molecule has 1 N–H and O–H groups in total. The van der Waals surface area contributed by atoms with Crippen LogP contribution in [-0.2, 0) is 0 Å². The van der Waals surface area contributed by atoms with Crippen LogP contribution in [0.25, 0.3) is 5.95 Å². The molecule has 0 fully saturated rings. The van der Waals surface area contributed by atoms with E-state index in [1.165, 1.54) is 22.8 Å². The first-order valence-corrected chi connectivity index (χ1v) is 7.05. The van der Waals surface area contributed by atoms with Gasteiger partial charge in [-0.25, -0.2) is 4.98 Å². The lowest BCUT2D eigenvalue weighted by atomic mass is 10.7. The summed E-state index contributed by atoms with van der Waals surface area (Å²) in [4.78, 5) is 16.8. The van der Waals surface area contributed by atoms with Crippen molar-refractivity contribution in [2.75, 3.05) is 12.4 Å². The SMILES string of the molecule is CNc1nc(Sc2cccs2)nc(-n2cncn2)n1. The topological polar surface area (TPSA) is 81.4 Å². The molecule has 0 aliphatic heterocycles. The summed E-state index contributed by atoms with van der Waals surface area (Å²) in [6, 6.07) is 4.01. The molecule has 0 aliphatic rings. The summed E-state index contributed by atoms with van der Waals surface area (Å²) in [5.74, 6) is 0.940. The van der Waals surface area contributed by atoms with Gasteiger partial charge in [-0.15, -0.1) is 11.3 Å². The summed E-state index contributed by atoms with van der Waals surface area (Å²) in [6.07, 6.45) is 2.99. The summed E-state index contributed by atoms with van der Waals surface area (Å²) in [5.41, 5.74) is 0. The van der Waals surface area contributed by atoms with E-state index >= 15 is 0 Å². The van der Waals surface area contributed by atoms with Gasteiger partial charge in [0.2, 0.25) is 5.95 Å². The van der Waals surface area contributed by atoms with Gasteiger partial charge in [0.1, 0.15) is 12.7 Å². The number of rotatable bonds is 4. The average Bonchev–Trinajstić information content (AvgIpc) is 3.11. The van der Waals surface area contributed by atoms with Gasteiger partial charge in [0.25, 0.3) is 5.95 Å². The van der Waals surface area contributed by atoms with E-state index in [0.717, 1.165) is 4.21 Å². The molecule has 0 unspecified atom stereocenters. The maximum atomic E-state index is 4.37. The molecule has 96 valence electrons. The van der Waals surface area contributed by atoms with Gasteiger partial charge in [0.15, 0.2) is 5.16 Å². The normalized spacial score (nSPS) is 10.6. The van der Waals surface area contributed by atoms with Crippen LogP contribution in [-0.4, -0.2) is 36.8 Å². The van der Waals surface area contributed by atoms with Gasteiger partial charge >= 0.3 is 0 Å². The van der Waals surface area contributed by atoms with Crippen molar-refractivity contribution in [2.24, 2.45) is 0 Å². The molecule has 9 heteroatoms. The second kappa shape index (κ2) is 5.33. The summed E-state index contributed by atoms with van der Waals surface area (Å²) in [7, 11) is 1.76. The van der Waals surface area contributed by atoms with Gasteiger partial charge in [-0.1, -0.05) is 6.07 Å². The lowest BCUT2D eigenvalue weighted by Gasteiger charge is -2.04. The van der Waals surface area contributed by atoms with Gasteiger partial charge in [-0.2, -0.15) is 24.7 Å². The second-order valence-corrected chi connectivity index (χ2v) is 5.58. The van der Waals surface area contributed by atoms with E-state index in [1.807, 2.05) is 17.5 Å². The van der Waals surface area contributed by atoms with E-state index in [0.29, 0.717) is 17.1 Å². The quantitative estimate of drug-likeness (QED) is 0.783. The second-order valence-electron chi connectivity index (χ2n) is 3.37. The van der Waals surface area contributed by atoms with Crippen LogP contribution in [0.3, 0.4) is 0 Å². The highest BCUT2D eigenvalue weighted by atomic mass is 32.2. The van der Waals surface area contributed by atoms with Crippen molar-refractivity contribution in [2.45, 2.75) is 9.37 Å². The fraction of sp³-hybridized carbons (Fsp3) is 0.100. The highest BCUT2D eigenvalue weighted by Gasteiger charge is 2.09. The largest absolute Gasteiger partial charge is 0.357 e. The highest BCUT2D eigenvalue weighted by molar-refractivity contribution is 8.01. The van der Waals surface area contributed by atoms with Crippen LogP contribution in [0.4, 0.5) is 5.95 Å². The molecule has 3 aromatic rings. The van der Waals surface area contributed by atoms with E-state index in [2.05, 4.69) is 30.4 Å². The van der Waals surface area contributed by atoms with Gasteiger partial charge in [0.05, 0.1) is 4.21 Å². The van der Waals surface area contributed by atoms with Gasteiger partial charge < -0.3 is 5.32 Å². The number of nitrogens with one attached hydrogen (secondary N) is 1. The molecule has 7 nitrogen and oxygen atoms in total. The Hall–Kier alpha value is -2.00. The number of anilines is 1. The third kappa shape index (κ3) is 2.71. The maximum Gasteiger partial charge on any atom is 0.257 e. The smallest absolute Gasteiger partial charge is 0.257 e. The Morgan fingerprint density at radius 2 is 2.26 bits per heavy atom. The van der Waals surface area contributed by atoms with Crippen molar-refractivity contribution in [3.05, 3.63) is 30.2 Å².